The third kappa shape index (κ3) is 9.31. The van der Waals surface area contributed by atoms with Crippen molar-refractivity contribution < 1.29 is 41.9 Å². The van der Waals surface area contributed by atoms with E-state index < -0.39 is 10.8 Å². The molecule has 30 heavy (non-hydrogen) atoms. The van der Waals surface area contributed by atoms with Gasteiger partial charge in [0.25, 0.3) is 5.69 Å². The standard InChI is InChI=1S/C12H9N3O3.C10H14.ClH.Ru/c16-12(11-3-1-2-8-13-11)14-9-4-6-10(7-5-9)15(17)18;1-8(2)10-6-4-9(3)5-7-10;;/h1-8H,(H,14,16);4-8H,1-3H3;1H;/q;;;+2/p-2. The Balaban J connectivity index is 0.000000604. The number of halogens is 1. The summed E-state index contributed by atoms with van der Waals surface area (Å²) in [6.45, 7) is 6.54. The van der Waals surface area contributed by atoms with Gasteiger partial charge in [0.1, 0.15) is 0 Å². The van der Waals surface area contributed by atoms with Crippen molar-refractivity contribution in [1.82, 2.24) is 4.98 Å². The summed E-state index contributed by atoms with van der Waals surface area (Å²) in [6, 6.07) is 10.4. The average molecular weight is 513 g/mol. The fourth-order valence-electron chi connectivity index (χ4n) is 2.26. The summed E-state index contributed by atoms with van der Waals surface area (Å²) in [5.74, 6) is 2.93. The van der Waals surface area contributed by atoms with Gasteiger partial charge in [0.05, 0.1) is 16.3 Å². The molecule has 158 valence electrons. The quantitative estimate of drug-likeness (QED) is 0.201. The number of rotatable bonds is 4. The van der Waals surface area contributed by atoms with Crippen LogP contribution in [-0.2, 0) is 19.5 Å². The molecule has 6 nitrogen and oxygen atoms in total. The van der Waals surface area contributed by atoms with E-state index in [1.54, 1.807) is 18.2 Å². The van der Waals surface area contributed by atoms with Crippen LogP contribution < -0.4 is 17.5 Å². The molecule has 3 rings (SSSR count). The van der Waals surface area contributed by atoms with Gasteiger partial charge in [-0.25, -0.2) is 0 Å². The summed E-state index contributed by atoms with van der Waals surface area (Å²) in [5, 5.41) is 22.1. The van der Waals surface area contributed by atoms with Gasteiger partial charge in [0.15, 0.2) is 0 Å². The summed E-state index contributed by atoms with van der Waals surface area (Å²) in [6.07, 6.45) is 10.2. The van der Waals surface area contributed by atoms with Gasteiger partial charge in [-0.1, -0.05) is 26.8 Å². The second kappa shape index (κ2) is 14.2. The largest absolute Gasteiger partial charge is 2.00 e. The maximum atomic E-state index is 11.7. The first-order chi connectivity index (χ1) is 13.4. The number of aliphatic imine (C=N–C) groups is 1. The van der Waals surface area contributed by atoms with Gasteiger partial charge in [0, 0.05) is 24.2 Å². The third-order valence-corrected chi connectivity index (χ3v) is 3.92. The number of nitrogens with zero attached hydrogens (tertiary/aromatic N) is 3. The second-order valence-corrected chi connectivity index (χ2v) is 6.47. The predicted octanol–water partition coefficient (Wildman–Crippen LogP) is 1.07. The van der Waals surface area contributed by atoms with Crippen LogP contribution in [0.2, 0.25) is 0 Å². The molecule has 0 spiro atoms. The molecule has 2 aromatic rings. The van der Waals surface area contributed by atoms with Crippen LogP contribution >= 0.6 is 0 Å². The first kappa shape index (κ1) is 28.2. The zero-order valence-corrected chi connectivity index (χ0v) is 19.3. The van der Waals surface area contributed by atoms with E-state index in [9.17, 15) is 15.2 Å². The molecular weight excluding hydrogens is 491 g/mol. The normalized spacial score (nSPS) is 14.7. The van der Waals surface area contributed by atoms with Crippen molar-refractivity contribution in [3.05, 3.63) is 102 Å². The Kier molecular flexibility index (Phi) is 13.3. The van der Waals surface area contributed by atoms with Crippen molar-refractivity contribution in [3.63, 3.8) is 0 Å². The smallest absolute Gasteiger partial charge is 1.00 e. The number of hydrogen-bond donors (Lipinski definition) is 0. The molecule has 1 heterocycles. The van der Waals surface area contributed by atoms with Crippen LogP contribution in [0.1, 0.15) is 26.5 Å². The number of hydrogen-bond acceptors (Lipinski definition) is 5. The minimum atomic E-state index is -0.510. The summed E-state index contributed by atoms with van der Waals surface area (Å²) in [7, 11) is 0. The molecule has 0 N–H and O–H groups in total. The maximum Gasteiger partial charge on any atom is 2.00 e. The number of benzene rings is 1. The molecule has 1 aromatic heterocycles. The Labute approximate surface area is 197 Å². The molecule has 1 aromatic carbocycles. The molecule has 0 atom stereocenters. The Morgan fingerprint density at radius 3 is 2.10 bits per heavy atom. The summed E-state index contributed by atoms with van der Waals surface area (Å²) in [4.78, 5) is 17.6. The van der Waals surface area contributed by atoms with E-state index in [0.29, 0.717) is 11.6 Å². The molecule has 0 aliphatic heterocycles. The van der Waals surface area contributed by atoms with Crippen molar-refractivity contribution in [3.8, 4) is 0 Å². The van der Waals surface area contributed by atoms with Crippen LogP contribution in [0, 0.1) is 53.6 Å². The van der Waals surface area contributed by atoms with Crippen LogP contribution in [0.25, 0.3) is 0 Å². The SMILES string of the molecule is C[C]1[CH][CH][C](C(C)C)[CH][CH]1.O=[N+]([O-])c1ccc(N=C([O-])c2ccccn2)cc1.[Cl-].[Ru+2]. The molecule has 1 fully saturated rings. The van der Waals surface area contributed by atoms with Crippen LogP contribution in [0.4, 0.5) is 11.4 Å². The molecule has 0 saturated heterocycles. The van der Waals surface area contributed by atoms with E-state index in [1.807, 2.05) is 0 Å². The van der Waals surface area contributed by atoms with Gasteiger partial charge in [-0.15, -0.1) is 0 Å². The minimum Gasteiger partial charge on any atom is -1.00 e. The van der Waals surface area contributed by atoms with E-state index in [2.05, 4.69) is 56.4 Å². The number of non-ortho nitro benzene ring substituents is 1. The first-order valence-corrected chi connectivity index (χ1v) is 8.85. The van der Waals surface area contributed by atoms with Gasteiger partial charge in [-0.2, -0.15) is 0 Å². The first-order valence-electron chi connectivity index (χ1n) is 8.85. The Bertz CT molecular complexity index is 778. The maximum absolute atomic E-state index is 11.7. The molecule has 1 aliphatic carbocycles. The molecule has 6 radical (unpaired) electrons. The molecular formula is C22H22ClN3O3Ru. The monoisotopic (exact) mass is 513 g/mol. The van der Waals surface area contributed by atoms with Gasteiger partial charge in [0.2, 0.25) is 0 Å². The van der Waals surface area contributed by atoms with Crippen molar-refractivity contribution in [2.24, 2.45) is 10.9 Å². The van der Waals surface area contributed by atoms with Crippen LogP contribution in [0.5, 0.6) is 0 Å². The molecule has 1 saturated carbocycles. The molecule has 0 unspecified atom stereocenters. The molecule has 0 amide bonds. The minimum absolute atomic E-state index is 0. The number of aromatic nitrogens is 1. The second-order valence-electron chi connectivity index (χ2n) is 6.47. The van der Waals surface area contributed by atoms with E-state index >= 15 is 0 Å². The van der Waals surface area contributed by atoms with Crippen molar-refractivity contribution >= 4 is 17.3 Å². The van der Waals surface area contributed by atoms with E-state index in [1.165, 1.54) is 42.3 Å². The zero-order chi connectivity index (χ0) is 20.5. The number of nitro groups is 1. The summed E-state index contributed by atoms with van der Waals surface area (Å²) < 4.78 is 0. The van der Waals surface area contributed by atoms with Crippen LogP contribution in [0.3, 0.4) is 0 Å². The topological polar surface area (TPSA) is 91.5 Å². The van der Waals surface area contributed by atoms with Crippen LogP contribution in [-0.4, -0.2) is 15.8 Å². The van der Waals surface area contributed by atoms with E-state index in [4.69, 9.17) is 0 Å². The van der Waals surface area contributed by atoms with Gasteiger partial charge < -0.3 is 17.5 Å². The number of pyridine rings is 1. The summed E-state index contributed by atoms with van der Waals surface area (Å²) >= 11 is 0. The molecule has 8 heteroatoms. The average Bonchev–Trinajstić information content (AvgIpc) is 2.70. The fraction of sp³-hybridized carbons (Fsp3) is 0.182. The molecule has 1 aliphatic rings. The summed E-state index contributed by atoms with van der Waals surface area (Å²) in [5.41, 5.74) is 0.548. The van der Waals surface area contributed by atoms with Gasteiger partial charge in [-0.3, -0.25) is 20.1 Å². The van der Waals surface area contributed by atoms with Crippen molar-refractivity contribution in [1.29, 1.82) is 0 Å². The van der Waals surface area contributed by atoms with Gasteiger partial charge >= 0.3 is 19.5 Å². The van der Waals surface area contributed by atoms with Crippen LogP contribution in [0.15, 0.2) is 53.7 Å². The van der Waals surface area contributed by atoms with E-state index in [0.717, 1.165) is 0 Å². The number of nitro benzene ring substituents is 1. The Hall–Kier alpha value is -1.85. The third-order valence-electron chi connectivity index (χ3n) is 3.92. The Morgan fingerprint density at radius 1 is 1.03 bits per heavy atom. The predicted molar refractivity (Wildman–Crippen MR) is 108 cm³/mol. The van der Waals surface area contributed by atoms with E-state index in [-0.39, 0.29) is 43.3 Å². The Morgan fingerprint density at radius 2 is 1.63 bits per heavy atom. The van der Waals surface area contributed by atoms with Crippen molar-refractivity contribution in [2.75, 3.05) is 0 Å². The van der Waals surface area contributed by atoms with Gasteiger partial charge in [-0.05, 0) is 67.7 Å². The zero-order valence-electron chi connectivity index (χ0n) is 16.8. The van der Waals surface area contributed by atoms with Crippen molar-refractivity contribution in [2.45, 2.75) is 20.8 Å². The molecule has 0 bridgehead atoms. The fourth-order valence-corrected chi connectivity index (χ4v) is 2.26.